The highest BCUT2D eigenvalue weighted by molar-refractivity contribution is 4.79. The lowest BCUT2D eigenvalue weighted by molar-refractivity contribution is -0.757. The van der Waals surface area contributed by atoms with Crippen LogP contribution in [0.5, 0.6) is 0 Å². The molecule has 54 valence electrons. The smallest absolute Gasteiger partial charge is 0.158 e. The van der Waals surface area contributed by atoms with Crippen LogP contribution in [0.2, 0.25) is 0 Å². The van der Waals surface area contributed by atoms with Crippen molar-refractivity contribution in [2.75, 3.05) is 0 Å². The number of aryl methyl sites for hydroxylation is 1. The van der Waals surface area contributed by atoms with Crippen LogP contribution in [0.4, 0.5) is 0 Å². The number of rotatable bonds is 1. The summed E-state index contributed by atoms with van der Waals surface area (Å²) in [7, 11) is 2.10. The van der Waals surface area contributed by atoms with E-state index in [4.69, 9.17) is 0 Å². The van der Waals surface area contributed by atoms with E-state index in [9.17, 15) is 0 Å². The Morgan fingerprint density at radius 3 is 2.70 bits per heavy atom. The molecule has 0 atom stereocenters. The Labute approximate surface area is 61.1 Å². The van der Waals surface area contributed by atoms with Gasteiger partial charge in [0.1, 0.15) is 0 Å². The first kappa shape index (κ1) is 5.96. The minimum Gasteiger partial charge on any atom is -0.158 e. The summed E-state index contributed by atoms with van der Waals surface area (Å²) in [5.74, 6) is 0. The molecule has 1 saturated carbocycles. The molecular weight excluding hydrogens is 124 g/mol. The van der Waals surface area contributed by atoms with E-state index in [0.29, 0.717) is 0 Å². The van der Waals surface area contributed by atoms with Crippen LogP contribution in [0.15, 0.2) is 18.5 Å². The molecule has 0 aliphatic heterocycles. The molecular formula is C8H13N2+. The first-order valence-electron chi connectivity index (χ1n) is 3.90. The van der Waals surface area contributed by atoms with Gasteiger partial charge in [0.05, 0.1) is 12.2 Å². The van der Waals surface area contributed by atoms with E-state index in [0.717, 1.165) is 6.04 Å². The monoisotopic (exact) mass is 137 g/mol. The normalized spacial score (nSPS) is 18.9. The van der Waals surface area contributed by atoms with Crippen LogP contribution in [0.25, 0.3) is 0 Å². The molecule has 2 heteroatoms. The Morgan fingerprint density at radius 2 is 2.30 bits per heavy atom. The van der Waals surface area contributed by atoms with Crippen molar-refractivity contribution in [2.24, 2.45) is 7.05 Å². The van der Waals surface area contributed by atoms with Gasteiger partial charge in [0.15, 0.2) is 13.2 Å². The van der Waals surface area contributed by atoms with Crippen molar-refractivity contribution in [1.82, 2.24) is 4.68 Å². The summed E-state index contributed by atoms with van der Waals surface area (Å²) in [4.78, 5) is 0. The van der Waals surface area contributed by atoms with Crippen molar-refractivity contribution in [3.8, 4) is 0 Å². The van der Waals surface area contributed by atoms with Gasteiger partial charge in [-0.25, -0.2) is 0 Å². The van der Waals surface area contributed by atoms with E-state index in [2.05, 4.69) is 34.9 Å². The quantitative estimate of drug-likeness (QED) is 0.511. The molecule has 0 radical (unpaired) electrons. The summed E-state index contributed by atoms with van der Waals surface area (Å²) < 4.78 is 4.47. The highest BCUT2D eigenvalue weighted by Crippen LogP contribution is 2.29. The molecule has 0 amide bonds. The van der Waals surface area contributed by atoms with Gasteiger partial charge in [0, 0.05) is 6.07 Å². The van der Waals surface area contributed by atoms with Gasteiger partial charge in [0.25, 0.3) is 0 Å². The first-order valence-corrected chi connectivity index (χ1v) is 3.90. The average molecular weight is 137 g/mol. The predicted molar refractivity (Wildman–Crippen MR) is 38.5 cm³/mol. The molecule has 0 bridgehead atoms. The molecule has 2 nitrogen and oxygen atoms in total. The molecule has 1 aliphatic carbocycles. The Bertz CT molecular complexity index is 223. The second-order valence-corrected chi connectivity index (χ2v) is 3.03. The fraction of sp³-hybridized carbons (Fsp3) is 0.625. The van der Waals surface area contributed by atoms with Crippen molar-refractivity contribution < 1.29 is 4.68 Å². The van der Waals surface area contributed by atoms with Crippen LogP contribution >= 0.6 is 0 Å². The van der Waals surface area contributed by atoms with E-state index in [1.54, 1.807) is 0 Å². The molecule has 1 aliphatic rings. The number of hydrogen-bond donors (Lipinski definition) is 0. The van der Waals surface area contributed by atoms with Gasteiger partial charge in [-0.1, -0.05) is 0 Å². The van der Waals surface area contributed by atoms with E-state index in [1.807, 2.05) is 0 Å². The zero-order valence-corrected chi connectivity index (χ0v) is 6.33. The molecule has 2 rings (SSSR count). The molecule has 0 unspecified atom stereocenters. The van der Waals surface area contributed by atoms with Gasteiger partial charge in [-0.15, -0.1) is 4.68 Å². The SMILES string of the molecule is C[n+]1cccn1C1CCC1. The van der Waals surface area contributed by atoms with E-state index in [-0.39, 0.29) is 0 Å². The average Bonchev–Trinajstić information content (AvgIpc) is 2.12. The highest BCUT2D eigenvalue weighted by atomic mass is 15.4. The van der Waals surface area contributed by atoms with E-state index >= 15 is 0 Å². The molecule has 0 N–H and O–H groups in total. The third kappa shape index (κ3) is 0.753. The Balaban J connectivity index is 2.23. The summed E-state index contributed by atoms with van der Waals surface area (Å²) in [6.45, 7) is 0. The van der Waals surface area contributed by atoms with Crippen LogP contribution in [-0.2, 0) is 7.05 Å². The molecule has 0 aromatic carbocycles. The van der Waals surface area contributed by atoms with Crippen molar-refractivity contribution in [1.29, 1.82) is 0 Å². The maximum Gasteiger partial charge on any atom is 0.195 e. The molecule has 10 heavy (non-hydrogen) atoms. The summed E-state index contributed by atoms with van der Waals surface area (Å²) in [5.41, 5.74) is 0. The second kappa shape index (κ2) is 2.11. The van der Waals surface area contributed by atoms with Crippen LogP contribution < -0.4 is 4.68 Å². The summed E-state index contributed by atoms with van der Waals surface area (Å²) in [6, 6.07) is 2.89. The maximum absolute atomic E-state index is 2.31. The van der Waals surface area contributed by atoms with Crippen molar-refractivity contribution in [3.05, 3.63) is 18.5 Å². The van der Waals surface area contributed by atoms with Gasteiger partial charge >= 0.3 is 0 Å². The van der Waals surface area contributed by atoms with Gasteiger partial charge in [-0.2, -0.15) is 4.68 Å². The highest BCUT2D eigenvalue weighted by Gasteiger charge is 2.23. The Kier molecular flexibility index (Phi) is 1.26. The topological polar surface area (TPSA) is 8.81 Å². The largest absolute Gasteiger partial charge is 0.195 e. The van der Waals surface area contributed by atoms with Crippen molar-refractivity contribution in [3.63, 3.8) is 0 Å². The molecule has 1 fully saturated rings. The zero-order valence-electron chi connectivity index (χ0n) is 6.33. The Morgan fingerprint density at radius 1 is 1.50 bits per heavy atom. The number of aromatic nitrogens is 2. The summed E-state index contributed by atoms with van der Waals surface area (Å²) in [5, 5.41) is 0. The van der Waals surface area contributed by atoms with Gasteiger partial charge in [-0.3, -0.25) is 0 Å². The molecule has 0 saturated heterocycles. The molecule has 0 spiro atoms. The maximum atomic E-state index is 2.31. The summed E-state index contributed by atoms with van der Waals surface area (Å²) >= 11 is 0. The summed E-state index contributed by atoms with van der Waals surface area (Å²) in [6.07, 6.45) is 8.38. The minimum absolute atomic E-state index is 0.792. The van der Waals surface area contributed by atoms with Crippen molar-refractivity contribution >= 4 is 0 Å². The first-order chi connectivity index (χ1) is 4.88. The lowest BCUT2D eigenvalue weighted by atomic mass is 9.93. The van der Waals surface area contributed by atoms with Gasteiger partial charge < -0.3 is 0 Å². The van der Waals surface area contributed by atoms with Crippen LogP contribution in [0, 0.1) is 0 Å². The van der Waals surface area contributed by atoms with Gasteiger partial charge in [0.2, 0.25) is 0 Å². The minimum atomic E-state index is 0.792. The molecule has 1 aromatic rings. The van der Waals surface area contributed by atoms with Crippen molar-refractivity contribution in [2.45, 2.75) is 25.3 Å². The standard InChI is InChI=1S/C8H13N2/c1-9-6-3-7-10(9)8-4-2-5-8/h3,6-8H,2,4-5H2,1H3/q+1. The van der Waals surface area contributed by atoms with E-state index in [1.165, 1.54) is 19.3 Å². The third-order valence-electron chi connectivity index (χ3n) is 2.35. The second-order valence-electron chi connectivity index (χ2n) is 3.03. The Hall–Kier alpha value is -0.790. The third-order valence-corrected chi connectivity index (χ3v) is 2.35. The van der Waals surface area contributed by atoms with Crippen LogP contribution in [0.1, 0.15) is 25.3 Å². The lowest BCUT2D eigenvalue weighted by Crippen LogP contribution is -2.41. The predicted octanol–water partition coefficient (Wildman–Crippen LogP) is 1.04. The molecule has 1 heterocycles. The van der Waals surface area contributed by atoms with Crippen LogP contribution in [0.3, 0.4) is 0 Å². The van der Waals surface area contributed by atoms with Crippen LogP contribution in [-0.4, -0.2) is 4.68 Å². The van der Waals surface area contributed by atoms with Gasteiger partial charge in [-0.05, 0) is 19.3 Å². The molecule has 1 aromatic heterocycles. The fourth-order valence-corrected chi connectivity index (χ4v) is 1.46. The fourth-order valence-electron chi connectivity index (χ4n) is 1.46. The zero-order chi connectivity index (χ0) is 6.97. The van der Waals surface area contributed by atoms with E-state index < -0.39 is 0 Å². The lowest BCUT2D eigenvalue weighted by Gasteiger charge is -2.23. The number of nitrogens with zero attached hydrogens (tertiary/aromatic N) is 2. The number of hydrogen-bond acceptors (Lipinski definition) is 0.